The first-order valence-electron chi connectivity index (χ1n) is 4.96. The topological polar surface area (TPSA) is 41.8 Å². The third-order valence-electron chi connectivity index (χ3n) is 2.53. The highest BCUT2D eigenvalue weighted by Gasteiger charge is 2.31. The summed E-state index contributed by atoms with van der Waals surface area (Å²) in [6.07, 6.45) is -3.74. The Hall–Kier alpha value is -0.720. The predicted molar refractivity (Wildman–Crippen MR) is 70.8 cm³/mol. The molecule has 100 valence electrons. The Bertz CT molecular complexity index is 539. The van der Waals surface area contributed by atoms with Crippen LogP contribution in [0.3, 0.4) is 0 Å². The number of halogens is 5. The van der Waals surface area contributed by atoms with Gasteiger partial charge in [0.2, 0.25) is 0 Å². The van der Waals surface area contributed by atoms with Gasteiger partial charge in [0.15, 0.2) is 0 Å². The highest BCUT2D eigenvalue weighted by atomic mass is 79.9. The third-order valence-corrected chi connectivity index (χ3v) is 3.02. The summed E-state index contributed by atoms with van der Waals surface area (Å²) in [5, 5.41) is 0.719. The Morgan fingerprint density at radius 1 is 1.33 bits per heavy atom. The molecule has 0 saturated heterocycles. The number of hydrogen-bond acceptors (Lipinski definition) is 1. The maximum atomic E-state index is 12.3. The molecule has 0 amide bonds. The lowest BCUT2D eigenvalue weighted by Crippen LogP contribution is -2.19. The molecule has 1 aromatic carbocycles. The van der Waals surface area contributed by atoms with Crippen LogP contribution in [0.5, 0.6) is 0 Å². The molecule has 7 heteroatoms. The fourth-order valence-corrected chi connectivity index (χ4v) is 2.14. The molecule has 1 atom stereocenters. The molecular formula is C11H11BrClF3N2. The van der Waals surface area contributed by atoms with E-state index in [-0.39, 0.29) is 12.4 Å². The SMILES string of the molecule is Cl.N[C@H](CC(F)(F)F)c1c[nH]c2ccc(Br)cc12. The molecule has 0 aliphatic heterocycles. The maximum absolute atomic E-state index is 12.3. The zero-order valence-electron chi connectivity index (χ0n) is 9.09. The standard InChI is InChI=1S/C11H10BrF3N2.ClH/c12-6-1-2-10-7(3-6)8(5-17-10)9(16)4-11(13,14)15;/h1-3,5,9,17H,4,16H2;1H/t9-;/m1./s1. The van der Waals surface area contributed by atoms with Crippen LogP contribution in [0.4, 0.5) is 13.2 Å². The van der Waals surface area contributed by atoms with Gasteiger partial charge in [0, 0.05) is 27.6 Å². The van der Waals surface area contributed by atoms with Crippen LogP contribution in [0.1, 0.15) is 18.0 Å². The quantitative estimate of drug-likeness (QED) is 0.838. The van der Waals surface area contributed by atoms with Gasteiger partial charge in [0.05, 0.1) is 6.42 Å². The number of alkyl halides is 3. The average Bonchev–Trinajstić information content (AvgIpc) is 2.57. The van der Waals surface area contributed by atoms with Crippen molar-refractivity contribution in [3.63, 3.8) is 0 Å². The summed E-state index contributed by atoms with van der Waals surface area (Å²) in [6, 6.07) is 4.33. The van der Waals surface area contributed by atoms with Gasteiger partial charge in [0.1, 0.15) is 0 Å². The van der Waals surface area contributed by atoms with E-state index in [0.717, 1.165) is 15.4 Å². The average molecular weight is 344 g/mol. The lowest BCUT2D eigenvalue weighted by atomic mass is 10.0. The van der Waals surface area contributed by atoms with Gasteiger partial charge in [0.25, 0.3) is 0 Å². The molecular weight excluding hydrogens is 332 g/mol. The van der Waals surface area contributed by atoms with Crippen molar-refractivity contribution in [3.05, 3.63) is 34.4 Å². The van der Waals surface area contributed by atoms with Crippen molar-refractivity contribution in [2.75, 3.05) is 0 Å². The maximum Gasteiger partial charge on any atom is 0.390 e. The normalized spacial score (nSPS) is 13.4. The van der Waals surface area contributed by atoms with E-state index < -0.39 is 18.6 Å². The Balaban J connectivity index is 0.00000162. The van der Waals surface area contributed by atoms with Crippen molar-refractivity contribution in [1.29, 1.82) is 0 Å². The summed E-state index contributed by atoms with van der Waals surface area (Å²) in [5.74, 6) is 0. The Kier molecular flexibility index (Phi) is 4.69. The second-order valence-corrected chi connectivity index (χ2v) is 4.78. The van der Waals surface area contributed by atoms with E-state index in [1.54, 1.807) is 12.1 Å². The first kappa shape index (κ1) is 15.3. The van der Waals surface area contributed by atoms with Crippen LogP contribution >= 0.6 is 28.3 Å². The molecule has 0 bridgehead atoms. The number of aromatic amines is 1. The lowest BCUT2D eigenvalue weighted by molar-refractivity contribution is -0.138. The lowest BCUT2D eigenvalue weighted by Gasteiger charge is -2.13. The molecule has 0 radical (unpaired) electrons. The van der Waals surface area contributed by atoms with Gasteiger partial charge in [-0.05, 0) is 23.8 Å². The highest BCUT2D eigenvalue weighted by Crippen LogP contribution is 2.32. The summed E-state index contributed by atoms with van der Waals surface area (Å²) in [6.45, 7) is 0. The van der Waals surface area contributed by atoms with Crippen molar-refractivity contribution in [2.24, 2.45) is 5.73 Å². The third kappa shape index (κ3) is 3.40. The fraction of sp³-hybridized carbons (Fsp3) is 0.273. The number of nitrogens with two attached hydrogens (primary N) is 1. The number of aromatic nitrogens is 1. The van der Waals surface area contributed by atoms with Gasteiger partial charge in [-0.1, -0.05) is 15.9 Å². The van der Waals surface area contributed by atoms with Crippen LogP contribution in [0.15, 0.2) is 28.9 Å². The van der Waals surface area contributed by atoms with Gasteiger partial charge in [-0.3, -0.25) is 0 Å². The van der Waals surface area contributed by atoms with Crippen LogP contribution in [0.25, 0.3) is 10.9 Å². The van der Waals surface area contributed by atoms with Crippen LogP contribution in [0.2, 0.25) is 0 Å². The molecule has 2 rings (SSSR count). The number of benzene rings is 1. The number of H-pyrrole nitrogens is 1. The zero-order valence-corrected chi connectivity index (χ0v) is 11.5. The smallest absolute Gasteiger partial charge is 0.361 e. The molecule has 0 aliphatic carbocycles. The predicted octanol–water partition coefficient (Wildman–Crippen LogP) is 4.30. The molecule has 0 unspecified atom stereocenters. The molecule has 3 N–H and O–H groups in total. The first-order chi connectivity index (χ1) is 7.87. The van der Waals surface area contributed by atoms with Crippen molar-refractivity contribution >= 4 is 39.2 Å². The van der Waals surface area contributed by atoms with E-state index in [4.69, 9.17) is 5.73 Å². The largest absolute Gasteiger partial charge is 0.390 e. The van der Waals surface area contributed by atoms with E-state index in [9.17, 15) is 13.2 Å². The number of fused-ring (bicyclic) bond motifs is 1. The van der Waals surface area contributed by atoms with Crippen LogP contribution in [-0.4, -0.2) is 11.2 Å². The second kappa shape index (κ2) is 5.50. The summed E-state index contributed by atoms with van der Waals surface area (Å²) in [4.78, 5) is 2.91. The minimum atomic E-state index is -4.25. The Morgan fingerprint density at radius 3 is 2.61 bits per heavy atom. The van der Waals surface area contributed by atoms with Gasteiger partial charge < -0.3 is 10.7 Å². The summed E-state index contributed by atoms with van der Waals surface area (Å²) in [7, 11) is 0. The van der Waals surface area contributed by atoms with E-state index in [1.807, 2.05) is 6.07 Å². The highest BCUT2D eigenvalue weighted by molar-refractivity contribution is 9.10. The summed E-state index contributed by atoms with van der Waals surface area (Å²) >= 11 is 3.28. The van der Waals surface area contributed by atoms with Crippen LogP contribution < -0.4 is 5.73 Å². The monoisotopic (exact) mass is 342 g/mol. The van der Waals surface area contributed by atoms with Crippen molar-refractivity contribution in [3.8, 4) is 0 Å². The number of nitrogens with one attached hydrogen (secondary N) is 1. The van der Waals surface area contributed by atoms with Crippen LogP contribution in [-0.2, 0) is 0 Å². The second-order valence-electron chi connectivity index (χ2n) is 3.86. The molecule has 18 heavy (non-hydrogen) atoms. The number of rotatable bonds is 2. The molecule has 1 heterocycles. The van der Waals surface area contributed by atoms with E-state index in [0.29, 0.717) is 5.56 Å². The molecule has 0 fully saturated rings. The first-order valence-corrected chi connectivity index (χ1v) is 5.75. The summed E-state index contributed by atoms with van der Waals surface area (Å²) < 4.78 is 37.6. The van der Waals surface area contributed by atoms with Gasteiger partial charge >= 0.3 is 6.18 Å². The zero-order chi connectivity index (χ0) is 12.6. The molecule has 0 saturated carbocycles. The van der Waals surface area contributed by atoms with Gasteiger partial charge in [-0.15, -0.1) is 12.4 Å². The summed E-state index contributed by atoms with van der Waals surface area (Å²) in [5.41, 5.74) is 6.85. The van der Waals surface area contributed by atoms with Crippen molar-refractivity contribution < 1.29 is 13.2 Å². The number of hydrogen-bond donors (Lipinski definition) is 2. The molecule has 0 spiro atoms. The minimum absolute atomic E-state index is 0. The molecule has 1 aromatic heterocycles. The van der Waals surface area contributed by atoms with E-state index >= 15 is 0 Å². The fourth-order valence-electron chi connectivity index (χ4n) is 1.78. The minimum Gasteiger partial charge on any atom is -0.361 e. The van der Waals surface area contributed by atoms with Gasteiger partial charge in [-0.25, -0.2) is 0 Å². The van der Waals surface area contributed by atoms with Crippen molar-refractivity contribution in [2.45, 2.75) is 18.6 Å². The van der Waals surface area contributed by atoms with Crippen LogP contribution in [0, 0.1) is 0 Å². The Morgan fingerprint density at radius 2 is 2.00 bits per heavy atom. The van der Waals surface area contributed by atoms with E-state index in [1.165, 1.54) is 6.20 Å². The van der Waals surface area contributed by atoms with Crippen molar-refractivity contribution in [1.82, 2.24) is 4.98 Å². The molecule has 0 aliphatic rings. The van der Waals surface area contributed by atoms with E-state index in [2.05, 4.69) is 20.9 Å². The Labute approximate surface area is 116 Å². The molecule has 2 aromatic rings. The molecule has 2 nitrogen and oxygen atoms in total. The van der Waals surface area contributed by atoms with Gasteiger partial charge in [-0.2, -0.15) is 13.2 Å².